The van der Waals surface area contributed by atoms with Crippen molar-refractivity contribution in [1.82, 2.24) is 20.0 Å². The van der Waals surface area contributed by atoms with Crippen molar-refractivity contribution in [1.29, 1.82) is 0 Å². The third-order valence-corrected chi connectivity index (χ3v) is 5.61. The fourth-order valence-electron chi connectivity index (χ4n) is 3.76. The molecule has 3 aromatic carbocycles. The molecule has 1 aromatic heterocycles. The van der Waals surface area contributed by atoms with Gasteiger partial charge in [-0.25, -0.2) is 0 Å². The Labute approximate surface area is 197 Å². The number of hydrogen-bond acceptors (Lipinski definition) is 4. The molecule has 8 heteroatoms. The fourth-order valence-corrected chi connectivity index (χ4v) is 3.76. The molecule has 3 amide bonds. The third-order valence-electron chi connectivity index (χ3n) is 5.61. The van der Waals surface area contributed by atoms with Crippen LogP contribution in [0.4, 0.5) is 0 Å². The summed E-state index contributed by atoms with van der Waals surface area (Å²) in [5, 5.41) is 8.11. The number of primary amides is 1. The Morgan fingerprint density at radius 1 is 0.912 bits per heavy atom. The van der Waals surface area contributed by atoms with Crippen LogP contribution >= 0.6 is 0 Å². The number of hydrogen-bond donors (Lipinski definition) is 2. The minimum atomic E-state index is -0.494. The van der Waals surface area contributed by atoms with Gasteiger partial charge in [0.25, 0.3) is 11.8 Å². The summed E-state index contributed by atoms with van der Waals surface area (Å²) < 4.78 is 1.57. The van der Waals surface area contributed by atoms with Crippen molar-refractivity contribution in [2.45, 2.75) is 6.54 Å². The summed E-state index contributed by atoms with van der Waals surface area (Å²) in [4.78, 5) is 37.9. The van der Waals surface area contributed by atoms with Crippen molar-refractivity contribution in [2.75, 3.05) is 14.1 Å². The Kier molecular flexibility index (Phi) is 6.14. The Bertz CT molecular complexity index is 1390. The van der Waals surface area contributed by atoms with Crippen molar-refractivity contribution in [3.8, 4) is 11.1 Å². The van der Waals surface area contributed by atoms with E-state index < -0.39 is 5.91 Å². The van der Waals surface area contributed by atoms with E-state index >= 15 is 0 Å². The lowest BCUT2D eigenvalue weighted by Crippen LogP contribution is -2.25. The van der Waals surface area contributed by atoms with E-state index in [4.69, 9.17) is 5.73 Å². The second kappa shape index (κ2) is 9.19. The van der Waals surface area contributed by atoms with Gasteiger partial charge in [0.05, 0.1) is 5.52 Å². The van der Waals surface area contributed by atoms with E-state index in [2.05, 4.69) is 10.4 Å². The van der Waals surface area contributed by atoms with E-state index in [0.717, 1.165) is 22.1 Å². The van der Waals surface area contributed by atoms with Gasteiger partial charge in [-0.05, 0) is 53.1 Å². The van der Waals surface area contributed by atoms with E-state index in [1.54, 1.807) is 62.2 Å². The van der Waals surface area contributed by atoms with Crippen LogP contribution in [0.15, 0.2) is 66.7 Å². The van der Waals surface area contributed by atoms with Crippen LogP contribution in [-0.4, -0.2) is 46.5 Å². The highest BCUT2D eigenvalue weighted by Crippen LogP contribution is 2.27. The maximum Gasteiger partial charge on any atom is 0.270 e. The zero-order valence-electron chi connectivity index (χ0n) is 19.2. The van der Waals surface area contributed by atoms with Gasteiger partial charge < -0.3 is 16.0 Å². The number of nitrogens with zero attached hydrogens (tertiary/aromatic N) is 3. The average molecular weight is 456 g/mol. The predicted molar refractivity (Wildman–Crippen MR) is 130 cm³/mol. The summed E-state index contributed by atoms with van der Waals surface area (Å²) in [5.41, 5.74) is 10.2. The van der Waals surface area contributed by atoms with E-state index in [1.165, 1.54) is 4.90 Å². The van der Waals surface area contributed by atoms with Gasteiger partial charge in [-0.3, -0.25) is 19.1 Å². The molecule has 0 aliphatic heterocycles. The van der Waals surface area contributed by atoms with E-state index in [1.807, 2.05) is 30.3 Å². The standard InChI is InChI=1S/C26H25N5O3/c1-30(2)26(34)19-10-8-17(9-11-19)20-12-13-22-21(14-20)23(31(3)29-22)25(33)28-15-16-4-6-18(7-5-16)24(27)32/h4-14H,15H2,1-3H3,(H2,27,32)(H,28,33). The van der Waals surface area contributed by atoms with E-state index in [-0.39, 0.29) is 11.8 Å². The lowest BCUT2D eigenvalue weighted by Gasteiger charge is -2.10. The van der Waals surface area contributed by atoms with Gasteiger partial charge in [-0.1, -0.05) is 30.3 Å². The highest BCUT2D eigenvalue weighted by Gasteiger charge is 2.17. The lowest BCUT2D eigenvalue weighted by molar-refractivity contribution is 0.0827. The molecule has 0 spiro atoms. The Morgan fingerprint density at radius 3 is 2.15 bits per heavy atom. The topological polar surface area (TPSA) is 110 Å². The van der Waals surface area contributed by atoms with Crippen LogP contribution in [0.5, 0.6) is 0 Å². The van der Waals surface area contributed by atoms with Crippen molar-refractivity contribution in [3.63, 3.8) is 0 Å². The zero-order valence-corrected chi connectivity index (χ0v) is 19.2. The molecule has 0 radical (unpaired) electrons. The summed E-state index contributed by atoms with van der Waals surface area (Å²) in [6, 6.07) is 19.9. The van der Waals surface area contributed by atoms with Crippen LogP contribution in [0, 0.1) is 0 Å². The van der Waals surface area contributed by atoms with Gasteiger partial charge in [-0.2, -0.15) is 5.10 Å². The molecule has 4 rings (SSSR count). The third kappa shape index (κ3) is 4.52. The Hall–Kier alpha value is -4.46. The molecule has 0 saturated carbocycles. The molecule has 172 valence electrons. The van der Waals surface area contributed by atoms with E-state index in [9.17, 15) is 14.4 Å². The first kappa shape index (κ1) is 22.7. The van der Waals surface area contributed by atoms with Crippen LogP contribution in [0.25, 0.3) is 22.0 Å². The number of aromatic nitrogens is 2. The number of nitrogens with two attached hydrogens (primary N) is 1. The highest BCUT2D eigenvalue weighted by molar-refractivity contribution is 6.06. The molecule has 0 bridgehead atoms. The second-order valence-corrected chi connectivity index (χ2v) is 8.22. The molecule has 0 saturated heterocycles. The summed E-state index contributed by atoms with van der Waals surface area (Å²) in [5.74, 6) is -0.808. The fraction of sp³-hybridized carbons (Fsp3) is 0.154. The number of carbonyl (C=O) groups is 3. The van der Waals surface area contributed by atoms with Crippen LogP contribution < -0.4 is 11.1 Å². The molecular formula is C26H25N5O3. The minimum Gasteiger partial charge on any atom is -0.366 e. The van der Waals surface area contributed by atoms with Gasteiger partial charge in [0.1, 0.15) is 5.69 Å². The number of carbonyl (C=O) groups excluding carboxylic acids is 3. The molecular weight excluding hydrogens is 430 g/mol. The molecule has 8 nitrogen and oxygen atoms in total. The normalized spacial score (nSPS) is 10.8. The van der Waals surface area contributed by atoms with Gasteiger partial charge in [-0.15, -0.1) is 0 Å². The van der Waals surface area contributed by atoms with Crippen molar-refractivity contribution < 1.29 is 14.4 Å². The second-order valence-electron chi connectivity index (χ2n) is 8.22. The largest absolute Gasteiger partial charge is 0.366 e. The van der Waals surface area contributed by atoms with E-state index in [0.29, 0.717) is 28.9 Å². The Morgan fingerprint density at radius 2 is 1.53 bits per heavy atom. The first-order valence-electron chi connectivity index (χ1n) is 10.7. The molecule has 1 heterocycles. The summed E-state index contributed by atoms with van der Waals surface area (Å²) in [6.07, 6.45) is 0. The minimum absolute atomic E-state index is 0.0579. The molecule has 0 aliphatic carbocycles. The molecule has 34 heavy (non-hydrogen) atoms. The monoisotopic (exact) mass is 455 g/mol. The highest BCUT2D eigenvalue weighted by atomic mass is 16.2. The van der Waals surface area contributed by atoms with Crippen molar-refractivity contribution in [3.05, 3.63) is 89.1 Å². The number of amides is 3. The first-order valence-corrected chi connectivity index (χ1v) is 10.7. The number of benzene rings is 3. The first-order chi connectivity index (χ1) is 16.2. The zero-order chi connectivity index (χ0) is 24.4. The van der Waals surface area contributed by atoms with Gasteiger partial charge in [0.15, 0.2) is 0 Å². The van der Waals surface area contributed by atoms with Gasteiger partial charge >= 0.3 is 0 Å². The number of nitrogens with one attached hydrogen (secondary N) is 1. The number of fused-ring (bicyclic) bond motifs is 1. The molecule has 4 aromatic rings. The summed E-state index contributed by atoms with van der Waals surface area (Å²) in [6.45, 7) is 0.297. The molecule has 0 fully saturated rings. The van der Waals surface area contributed by atoms with Crippen LogP contribution in [0.1, 0.15) is 36.8 Å². The molecule has 3 N–H and O–H groups in total. The smallest absolute Gasteiger partial charge is 0.270 e. The molecule has 0 unspecified atom stereocenters. The summed E-state index contributed by atoms with van der Waals surface area (Å²) in [7, 11) is 5.17. The molecule has 0 atom stereocenters. The van der Waals surface area contributed by atoms with Gasteiger partial charge in [0.2, 0.25) is 5.91 Å². The van der Waals surface area contributed by atoms with Crippen molar-refractivity contribution in [2.24, 2.45) is 12.8 Å². The maximum atomic E-state index is 13.0. The quantitative estimate of drug-likeness (QED) is 0.466. The predicted octanol–water partition coefficient (Wildman–Crippen LogP) is 2.97. The number of rotatable bonds is 6. The van der Waals surface area contributed by atoms with Gasteiger partial charge in [0, 0.05) is 44.2 Å². The molecule has 0 aliphatic rings. The van der Waals surface area contributed by atoms with Crippen molar-refractivity contribution >= 4 is 28.6 Å². The maximum absolute atomic E-state index is 13.0. The Balaban J connectivity index is 1.58. The SMILES string of the molecule is CN(C)C(=O)c1ccc(-c2ccc3nn(C)c(C(=O)NCc4ccc(C(N)=O)cc4)c3c2)cc1. The van der Waals surface area contributed by atoms with Crippen LogP contribution in [0.2, 0.25) is 0 Å². The van der Waals surface area contributed by atoms with Crippen LogP contribution in [0.3, 0.4) is 0 Å². The van der Waals surface area contributed by atoms with Crippen LogP contribution in [-0.2, 0) is 13.6 Å². The lowest BCUT2D eigenvalue weighted by atomic mass is 10.0. The number of aryl methyl sites for hydroxylation is 1. The summed E-state index contributed by atoms with van der Waals surface area (Å²) >= 11 is 0. The average Bonchev–Trinajstić information content (AvgIpc) is 3.17.